The maximum Gasteiger partial charge on any atom is 0.311 e. The predicted molar refractivity (Wildman–Crippen MR) is 116 cm³/mol. The first-order valence-electron chi connectivity index (χ1n) is 9.57. The average molecular weight is 433 g/mol. The minimum atomic E-state index is -0.412. The summed E-state index contributed by atoms with van der Waals surface area (Å²) in [6, 6.07) is 15.4. The van der Waals surface area contributed by atoms with E-state index in [1.807, 2.05) is 43.3 Å². The normalized spacial score (nSPS) is 11.3. The molecule has 0 unspecified atom stereocenters. The molecule has 0 aliphatic heterocycles. The van der Waals surface area contributed by atoms with Crippen LogP contribution < -0.4 is 0 Å². The van der Waals surface area contributed by atoms with Crippen LogP contribution >= 0.6 is 11.6 Å². The highest BCUT2D eigenvalue weighted by Crippen LogP contribution is 2.28. The number of methoxy groups -OCH3 is 1. The molecule has 0 radical (unpaired) electrons. The number of aromatic nitrogens is 6. The van der Waals surface area contributed by atoms with E-state index in [1.165, 1.54) is 12.7 Å². The molecule has 0 saturated carbocycles. The Morgan fingerprint density at radius 2 is 1.81 bits per heavy atom. The molecule has 154 valence electrons. The number of aryl methyl sites for hydroxylation is 1. The van der Waals surface area contributed by atoms with Crippen LogP contribution in [0.3, 0.4) is 0 Å². The van der Waals surface area contributed by atoms with E-state index in [0.717, 1.165) is 16.8 Å². The standard InChI is InChI=1S/C22H17ClN6O2/c1-13-3-5-14(6-4-13)17-12-24-29-21(17)26-25-20-18(11-19(30)31-2)27-28(22(20)29)16-9-7-15(23)8-10-16/h3-10,12H,11H2,1-2H3. The highest BCUT2D eigenvalue weighted by atomic mass is 35.5. The van der Waals surface area contributed by atoms with Crippen molar-refractivity contribution in [3.63, 3.8) is 0 Å². The van der Waals surface area contributed by atoms with Gasteiger partial charge in [0, 0.05) is 10.6 Å². The number of esters is 1. The van der Waals surface area contributed by atoms with E-state index in [4.69, 9.17) is 16.3 Å². The molecular formula is C22H17ClN6O2. The Labute approximate surface area is 182 Å². The molecule has 5 aromatic rings. The summed E-state index contributed by atoms with van der Waals surface area (Å²) in [7, 11) is 1.34. The number of hydrogen-bond donors (Lipinski definition) is 0. The van der Waals surface area contributed by atoms with Crippen LogP contribution in [0.5, 0.6) is 0 Å². The molecule has 3 aromatic heterocycles. The second-order valence-electron chi connectivity index (χ2n) is 7.12. The lowest BCUT2D eigenvalue weighted by atomic mass is 10.1. The van der Waals surface area contributed by atoms with Crippen molar-refractivity contribution < 1.29 is 9.53 Å². The van der Waals surface area contributed by atoms with Crippen molar-refractivity contribution in [2.75, 3.05) is 7.11 Å². The zero-order valence-electron chi connectivity index (χ0n) is 16.8. The molecular weight excluding hydrogens is 416 g/mol. The van der Waals surface area contributed by atoms with Crippen molar-refractivity contribution in [3.05, 3.63) is 71.0 Å². The van der Waals surface area contributed by atoms with Crippen molar-refractivity contribution in [1.29, 1.82) is 0 Å². The van der Waals surface area contributed by atoms with Gasteiger partial charge in [-0.05, 0) is 36.8 Å². The lowest BCUT2D eigenvalue weighted by Crippen LogP contribution is -2.06. The molecule has 8 nitrogen and oxygen atoms in total. The molecule has 0 fully saturated rings. The molecule has 9 heteroatoms. The smallest absolute Gasteiger partial charge is 0.311 e. The van der Waals surface area contributed by atoms with E-state index in [9.17, 15) is 4.79 Å². The fourth-order valence-corrected chi connectivity index (χ4v) is 3.58. The van der Waals surface area contributed by atoms with Gasteiger partial charge in [-0.15, -0.1) is 10.2 Å². The number of nitrogens with zero attached hydrogens (tertiary/aromatic N) is 6. The minimum absolute atomic E-state index is 0.0279. The average Bonchev–Trinajstić information content (AvgIpc) is 3.36. The monoisotopic (exact) mass is 432 g/mol. The van der Waals surface area contributed by atoms with Crippen LogP contribution in [0.2, 0.25) is 5.02 Å². The molecule has 3 heterocycles. The third-order valence-electron chi connectivity index (χ3n) is 5.07. The first-order valence-corrected chi connectivity index (χ1v) is 9.95. The zero-order valence-corrected chi connectivity index (χ0v) is 17.5. The first kappa shape index (κ1) is 19.2. The highest BCUT2D eigenvalue weighted by molar-refractivity contribution is 6.30. The number of hydrogen-bond acceptors (Lipinski definition) is 6. The lowest BCUT2D eigenvalue weighted by molar-refractivity contribution is -0.139. The van der Waals surface area contributed by atoms with Gasteiger partial charge in [0.1, 0.15) is 5.69 Å². The molecule has 5 rings (SSSR count). The molecule has 0 aliphatic carbocycles. The third-order valence-corrected chi connectivity index (χ3v) is 5.32. The van der Waals surface area contributed by atoms with Gasteiger partial charge in [-0.1, -0.05) is 41.4 Å². The molecule has 0 amide bonds. The SMILES string of the molecule is COC(=O)Cc1nn(-c2ccc(Cl)cc2)c2c1nnc1c(-c3ccc(C)cc3)cnn12. The molecule has 0 atom stereocenters. The summed E-state index contributed by atoms with van der Waals surface area (Å²) >= 11 is 6.06. The van der Waals surface area contributed by atoms with E-state index in [-0.39, 0.29) is 6.42 Å². The van der Waals surface area contributed by atoms with E-state index < -0.39 is 5.97 Å². The van der Waals surface area contributed by atoms with E-state index in [1.54, 1.807) is 27.5 Å². The van der Waals surface area contributed by atoms with Gasteiger partial charge in [-0.3, -0.25) is 4.79 Å². The molecule has 0 spiro atoms. The van der Waals surface area contributed by atoms with Crippen LogP contribution in [-0.4, -0.2) is 42.7 Å². The van der Waals surface area contributed by atoms with Crippen molar-refractivity contribution in [1.82, 2.24) is 29.6 Å². The minimum Gasteiger partial charge on any atom is -0.469 e. The van der Waals surface area contributed by atoms with Gasteiger partial charge in [0.15, 0.2) is 16.8 Å². The van der Waals surface area contributed by atoms with Gasteiger partial charge in [-0.25, -0.2) is 4.68 Å². The summed E-state index contributed by atoms with van der Waals surface area (Å²) in [5.74, 6) is -0.412. The Kier molecular flexibility index (Phi) is 4.63. The largest absolute Gasteiger partial charge is 0.469 e. The number of halogens is 1. The number of rotatable bonds is 4. The van der Waals surface area contributed by atoms with E-state index in [0.29, 0.717) is 27.5 Å². The summed E-state index contributed by atoms with van der Waals surface area (Å²) in [6.45, 7) is 2.04. The fraction of sp³-hybridized carbons (Fsp3) is 0.136. The number of carbonyl (C=O) groups excluding carboxylic acids is 1. The summed E-state index contributed by atoms with van der Waals surface area (Å²) in [4.78, 5) is 11.9. The predicted octanol–water partition coefficient (Wildman–Crippen LogP) is 3.81. The second kappa shape index (κ2) is 7.48. The summed E-state index contributed by atoms with van der Waals surface area (Å²) < 4.78 is 8.20. The van der Waals surface area contributed by atoms with Crippen LogP contribution in [0, 0.1) is 6.92 Å². The molecule has 31 heavy (non-hydrogen) atoms. The topological polar surface area (TPSA) is 87.2 Å². The number of ether oxygens (including phenoxy) is 1. The van der Waals surface area contributed by atoms with Gasteiger partial charge >= 0.3 is 5.97 Å². The van der Waals surface area contributed by atoms with Crippen LogP contribution in [0.4, 0.5) is 0 Å². The van der Waals surface area contributed by atoms with Gasteiger partial charge in [-0.2, -0.15) is 14.7 Å². The first-order chi connectivity index (χ1) is 15.0. The Bertz CT molecular complexity index is 1420. The van der Waals surface area contributed by atoms with Gasteiger partial charge in [0.2, 0.25) is 0 Å². The van der Waals surface area contributed by atoms with E-state index in [2.05, 4.69) is 20.4 Å². The summed E-state index contributed by atoms with van der Waals surface area (Å²) in [5, 5.41) is 18.6. The van der Waals surface area contributed by atoms with Gasteiger partial charge in [0.25, 0.3) is 0 Å². The second-order valence-corrected chi connectivity index (χ2v) is 7.56. The number of carbonyl (C=O) groups is 1. The van der Waals surface area contributed by atoms with Crippen molar-refractivity contribution in [2.45, 2.75) is 13.3 Å². The third kappa shape index (κ3) is 3.30. The van der Waals surface area contributed by atoms with E-state index >= 15 is 0 Å². The summed E-state index contributed by atoms with van der Waals surface area (Å²) in [5.41, 5.74) is 5.90. The van der Waals surface area contributed by atoms with Crippen molar-refractivity contribution >= 4 is 34.4 Å². The molecule has 0 aliphatic rings. The van der Waals surface area contributed by atoms with Gasteiger partial charge < -0.3 is 4.74 Å². The lowest BCUT2D eigenvalue weighted by Gasteiger charge is -2.05. The Morgan fingerprint density at radius 3 is 2.52 bits per heavy atom. The Hall–Kier alpha value is -3.78. The summed E-state index contributed by atoms with van der Waals surface area (Å²) in [6.07, 6.45) is 1.73. The zero-order chi connectivity index (χ0) is 21.5. The maximum atomic E-state index is 11.9. The molecule has 0 N–H and O–H groups in total. The Balaban J connectivity index is 1.77. The highest BCUT2D eigenvalue weighted by Gasteiger charge is 2.22. The molecule has 2 aromatic carbocycles. The van der Waals surface area contributed by atoms with Gasteiger partial charge in [0.05, 0.1) is 25.4 Å². The fourth-order valence-electron chi connectivity index (χ4n) is 3.45. The quantitative estimate of drug-likeness (QED) is 0.401. The molecule has 0 bridgehead atoms. The number of benzene rings is 2. The van der Waals surface area contributed by atoms with Crippen LogP contribution in [0.1, 0.15) is 11.3 Å². The van der Waals surface area contributed by atoms with Crippen LogP contribution in [-0.2, 0) is 16.0 Å². The number of fused-ring (bicyclic) bond motifs is 3. The van der Waals surface area contributed by atoms with Crippen LogP contribution in [0.25, 0.3) is 33.6 Å². The maximum absolute atomic E-state index is 11.9. The van der Waals surface area contributed by atoms with Crippen molar-refractivity contribution in [3.8, 4) is 16.8 Å². The molecule has 0 saturated heterocycles. The van der Waals surface area contributed by atoms with Crippen LogP contribution in [0.15, 0.2) is 54.7 Å². The van der Waals surface area contributed by atoms with Crippen molar-refractivity contribution in [2.24, 2.45) is 0 Å². The Morgan fingerprint density at radius 1 is 1.06 bits per heavy atom.